The van der Waals surface area contributed by atoms with E-state index in [4.69, 9.17) is 4.74 Å². The van der Waals surface area contributed by atoms with E-state index in [0.29, 0.717) is 6.10 Å². The SMILES string of the molecule is COC1CCN(C(=O)c2cccc(I)c2)C(C)C1. The summed E-state index contributed by atoms with van der Waals surface area (Å²) in [5.74, 6) is 0.135. The molecule has 1 saturated heterocycles. The molecule has 18 heavy (non-hydrogen) atoms. The van der Waals surface area contributed by atoms with Crippen LogP contribution in [0.4, 0.5) is 0 Å². The van der Waals surface area contributed by atoms with Gasteiger partial charge >= 0.3 is 0 Å². The monoisotopic (exact) mass is 359 g/mol. The van der Waals surface area contributed by atoms with Crippen LogP contribution in [0.1, 0.15) is 30.1 Å². The highest BCUT2D eigenvalue weighted by Crippen LogP contribution is 2.22. The fourth-order valence-corrected chi connectivity index (χ4v) is 2.98. The number of methoxy groups -OCH3 is 1. The van der Waals surface area contributed by atoms with Crippen LogP contribution in [-0.2, 0) is 4.74 Å². The molecule has 1 aromatic carbocycles. The van der Waals surface area contributed by atoms with Gasteiger partial charge in [0.2, 0.25) is 0 Å². The molecule has 98 valence electrons. The van der Waals surface area contributed by atoms with Gasteiger partial charge in [0.1, 0.15) is 0 Å². The molecule has 0 N–H and O–H groups in total. The first kappa shape index (κ1) is 13.8. The molecule has 4 heteroatoms. The number of likely N-dealkylation sites (tertiary alicyclic amines) is 1. The second-order valence-corrected chi connectivity index (χ2v) is 5.99. The molecule has 2 rings (SSSR count). The van der Waals surface area contributed by atoms with Crippen molar-refractivity contribution in [2.45, 2.75) is 31.9 Å². The molecule has 2 unspecified atom stereocenters. The van der Waals surface area contributed by atoms with Crippen LogP contribution in [0.2, 0.25) is 0 Å². The van der Waals surface area contributed by atoms with Gasteiger partial charge < -0.3 is 9.64 Å². The normalized spacial score (nSPS) is 24.1. The van der Waals surface area contributed by atoms with Gasteiger partial charge in [-0.2, -0.15) is 0 Å². The number of amides is 1. The number of rotatable bonds is 2. The van der Waals surface area contributed by atoms with E-state index < -0.39 is 0 Å². The molecule has 0 radical (unpaired) electrons. The van der Waals surface area contributed by atoms with E-state index in [-0.39, 0.29) is 11.9 Å². The minimum Gasteiger partial charge on any atom is -0.381 e. The Labute approximate surface area is 122 Å². The van der Waals surface area contributed by atoms with Crippen LogP contribution in [-0.4, -0.2) is 36.6 Å². The van der Waals surface area contributed by atoms with E-state index in [1.54, 1.807) is 7.11 Å². The number of hydrogen-bond donors (Lipinski definition) is 0. The van der Waals surface area contributed by atoms with E-state index in [0.717, 1.165) is 28.5 Å². The Bertz CT molecular complexity index is 436. The summed E-state index contributed by atoms with van der Waals surface area (Å²) in [5.41, 5.74) is 0.782. The first-order valence-electron chi connectivity index (χ1n) is 6.21. The summed E-state index contributed by atoms with van der Waals surface area (Å²) in [6, 6.07) is 8.01. The molecule has 0 spiro atoms. The van der Waals surface area contributed by atoms with E-state index in [1.165, 1.54) is 0 Å². The van der Waals surface area contributed by atoms with Crippen LogP contribution in [0, 0.1) is 3.57 Å². The summed E-state index contributed by atoms with van der Waals surface area (Å²) < 4.78 is 6.47. The fraction of sp³-hybridized carbons (Fsp3) is 0.500. The average molecular weight is 359 g/mol. The lowest BCUT2D eigenvalue weighted by molar-refractivity contribution is 0.0160. The predicted octanol–water partition coefficient (Wildman–Crippen LogP) is 2.93. The molecule has 3 nitrogen and oxygen atoms in total. The third-order valence-electron chi connectivity index (χ3n) is 3.49. The molecule has 2 atom stereocenters. The second-order valence-electron chi connectivity index (χ2n) is 4.74. The van der Waals surface area contributed by atoms with Gasteiger partial charge in [0.05, 0.1) is 6.10 Å². The molecular weight excluding hydrogens is 341 g/mol. The van der Waals surface area contributed by atoms with Crippen molar-refractivity contribution in [1.29, 1.82) is 0 Å². The Hall–Kier alpha value is -0.620. The number of hydrogen-bond acceptors (Lipinski definition) is 2. The third-order valence-corrected chi connectivity index (χ3v) is 4.16. The molecule has 1 heterocycles. The van der Waals surface area contributed by atoms with Crippen LogP contribution in [0.25, 0.3) is 0 Å². The zero-order valence-electron chi connectivity index (χ0n) is 10.7. The van der Waals surface area contributed by atoms with Gasteiger partial charge in [-0.3, -0.25) is 4.79 Å². The summed E-state index contributed by atoms with van der Waals surface area (Å²) in [5, 5.41) is 0. The maximum absolute atomic E-state index is 12.4. The first-order valence-corrected chi connectivity index (χ1v) is 7.29. The molecule has 1 fully saturated rings. The second kappa shape index (κ2) is 6.02. The van der Waals surface area contributed by atoms with E-state index in [2.05, 4.69) is 29.5 Å². The molecule has 1 aromatic rings. The molecule has 1 amide bonds. The lowest BCUT2D eigenvalue weighted by atomic mass is 9.99. The largest absolute Gasteiger partial charge is 0.381 e. The Balaban J connectivity index is 2.10. The maximum Gasteiger partial charge on any atom is 0.254 e. The van der Waals surface area contributed by atoms with Crippen LogP contribution in [0.15, 0.2) is 24.3 Å². The Morgan fingerprint density at radius 3 is 2.89 bits per heavy atom. The van der Waals surface area contributed by atoms with Gasteiger partial charge in [0.15, 0.2) is 0 Å². The number of halogens is 1. The number of nitrogens with zero attached hydrogens (tertiary/aromatic N) is 1. The number of carbonyl (C=O) groups is 1. The third kappa shape index (κ3) is 3.03. The summed E-state index contributed by atoms with van der Waals surface area (Å²) in [6.45, 7) is 2.88. The van der Waals surface area contributed by atoms with Crippen molar-refractivity contribution in [3.63, 3.8) is 0 Å². The highest BCUT2D eigenvalue weighted by molar-refractivity contribution is 14.1. The number of piperidine rings is 1. The molecule has 0 aromatic heterocycles. The number of carbonyl (C=O) groups excluding carboxylic acids is 1. The predicted molar refractivity (Wildman–Crippen MR) is 79.7 cm³/mol. The van der Waals surface area contributed by atoms with Crippen molar-refractivity contribution in [3.8, 4) is 0 Å². The Morgan fingerprint density at radius 1 is 1.50 bits per heavy atom. The zero-order chi connectivity index (χ0) is 13.1. The molecule has 0 saturated carbocycles. The van der Waals surface area contributed by atoms with Gasteiger partial charge in [-0.15, -0.1) is 0 Å². The van der Waals surface area contributed by atoms with Crippen molar-refractivity contribution in [3.05, 3.63) is 33.4 Å². The minimum atomic E-state index is 0.135. The summed E-state index contributed by atoms with van der Waals surface area (Å²) in [7, 11) is 1.74. The smallest absolute Gasteiger partial charge is 0.254 e. The number of benzene rings is 1. The van der Waals surface area contributed by atoms with E-state index >= 15 is 0 Å². The van der Waals surface area contributed by atoms with Gasteiger partial charge in [-0.25, -0.2) is 0 Å². The number of ether oxygens (including phenoxy) is 1. The summed E-state index contributed by atoms with van der Waals surface area (Å²) in [6.07, 6.45) is 2.14. The molecule has 1 aliphatic heterocycles. The molecule has 1 aliphatic rings. The van der Waals surface area contributed by atoms with Crippen LogP contribution in [0.3, 0.4) is 0 Å². The van der Waals surface area contributed by atoms with Crippen molar-refractivity contribution < 1.29 is 9.53 Å². The van der Waals surface area contributed by atoms with Crippen molar-refractivity contribution in [1.82, 2.24) is 4.90 Å². The lowest BCUT2D eigenvalue weighted by Crippen LogP contribution is -2.46. The maximum atomic E-state index is 12.4. The van der Waals surface area contributed by atoms with Gasteiger partial charge in [0, 0.05) is 28.8 Å². The van der Waals surface area contributed by atoms with E-state index in [9.17, 15) is 4.79 Å². The Morgan fingerprint density at radius 2 is 2.28 bits per heavy atom. The molecule has 0 aliphatic carbocycles. The van der Waals surface area contributed by atoms with Crippen LogP contribution >= 0.6 is 22.6 Å². The van der Waals surface area contributed by atoms with Gasteiger partial charge in [-0.1, -0.05) is 6.07 Å². The molecule has 0 bridgehead atoms. The topological polar surface area (TPSA) is 29.5 Å². The van der Waals surface area contributed by atoms with Gasteiger partial charge in [0.25, 0.3) is 5.91 Å². The highest BCUT2D eigenvalue weighted by Gasteiger charge is 2.29. The minimum absolute atomic E-state index is 0.135. The summed E-state index contributed by atoms with van der Waals surface area (Å²) >= 11 is 2.23. The fourth-order valence-electron chi connectivity index (χ4n) is 2.43. The van der Waals surface area contributed by atoms with Crippen LogP contribution < -0.4 is 0 Å². The van der Waals surface area contributed by atoms with E-state index in [1.807, 2.05) is 29.2 Å². The van der Waals surface area contributed by atoms with Crippen molar-refractivity contribution >= 4 is 28.5 Å². The molecular formula is C14H18INO2. The highest BCUT2D eigenvalue weighted by atomic mass is 127. The van der Waals surface area contributed by atoms with Crippen molar-refractivity contribution in [2.24, 2.45) is 0 Å². The lowest BCUT2D eigenvalue weighted by Gasteiger charge is -2.37. The van der Waals surface area contributed by atoms with Gasteiger partial charge in [-0.05, 0) is 60.6 Å². The van der Waals surface area contributed by atoms with Crippen molar-refractivity contribution in [2.75, 3.05) is 13.7 Å². The first-order chi connectivity index (χ1) is 8.61. The Kier molecular flexibility index (Phi) is 4.61. The standard InChI is InChI=1S/C14H18INO2/c1-10-8-13(18-2)6-7-16(10)14(17)11-4-3-5-12(15)9-11/h3-5,9-10,13H,6-8H2,1-2H3. The van der Waals surface area contributed by atoms with Crippen LogP contribution in [0.5, 0.6) is 0 Å². The quantitative estimate of drug-likeness (QED) is 0.760. The zero-order valence-corrected chi connectivity index (χ0v) is 12.9. The average Bonchev–Trinajstić information content (AvgIpc) is 2.37. The summed E-state index contributed by atoms with van der Waals surface area (Å²) in [4.78, 5) is 14.4.